The molecule has 3 nitrogen and oxygen atoms in total. The van der Waals surface area contributed by atoms with Crippen molar-refractivity contribution >= 4 is 28.4 Å². The molecule has 0 bridgehead atoms. The third-order valence-electron chi connectivity index (χ3n) is 3.44. The Labute approximate surface area is 122 Å². The van der Waals surface area contributed by atoms with Crippen LogP contribution < -0.4 is 5.32 Å². The summed E-state index contributed by atoms with van der Waals surface area (Å²) in [7, 11) is 0. The van der Waals surface area contributed by atoms with Crippen LogP contribution >= 0.6 is 11.8 Å². The Balaban J connectivity index is 1.78. The number of thioether (sulfide) groups is 1. The van der Waals surface area contributed by atoms with Crippen molar-refractivity contribution in [1.82, 2.24) is 10.2 Å². The summed E-state index contributed by atoms with van der Waals surface area (Å²) in [5, 5.41) is 11.7. The van der Waals surface area contributed by atoms with Crippen molar-refractivity contribution in [2.75, 3.05) is 11.6 Å². The van der Waals surface area contributed by atoms with Crippen LogP contribution in [0.25, 0.3) is 10.9 Å². The monoisotopic (exact) mass is 283 g/mol. The lowest BCUT2D eigenvalue weighted by Crippen LogP contribution is -2.06. The molecule has 102 valence electrons. The van der Waals surface area contributed by atoms with Crippen LogP contribution in [0, 0.1) is 0 Å². The predicted molar refractivity (Wildman–Crippen MR) is 86.4 cm³/mol. The molecule has 0 radical (unpaired) electrons. The van der Waals surface area contributed by atoms with Crippen LogP contribution in [0.4, 0.5) is 5.69 Å². The van der Waals surface area contributed by atoms with Gasteiger partial charge in [0.1, 0.15) is 0 Å². The molecule has 0 aliphatic rings. The Bertz CT molecular complexity index is 703. The molecule has 2 aromatic carbocycles. The second kappa shape index (κ2) is 5.59. The number of fused-ring (bicyclic) bond motifs is 1. The minimum absolute atomic E-state index is 0.273. The van der Waals surface area contributed by atoms with Crippen LogP contribution in [-0.4, -0.2) is 16.5 Å². The maximum atomic E-state index is 4.04. The summed E-state index contributed by atoms with van der Waals surface area (Å²) < 4.78 is 0. The molecule has 0 saturated heterocycles. The van der Waals surface area contributed by atoms with Crippen molar-refractivity contribution < 1.29 is 0 Å². The normalized spacial score (nSPS) is 12.5. The topological polar surface area (TPSA) is 40.7 Å². The van der Waals surface area contributed by atoms with Crippen LogP contribution in [0.15, 0.2) is 53.6 Å². The van der Waals surface area contributed by atoms with E-state index < -0.39 is 0 Å². The van der Waals surface area contributed by atoms with E-state index in [9.17, 15) is 0 Å². The van der Waals surface area contributed by atoms with Crippen LogP contribution in [0.5, 0.6) is 0 Å². The third-order valence-corrected chi connectivity index (χ3v) is 4.18. The van der Waals surface area contributed by atoms with Crippen molar-refractivity contribution in [3.05, 3.63) is 54.2 Å². The van der Waals surface area contributed by atoms with Crippen molar-refractivity contribution in [3.63, 3.8) is 0 Å². The Morgan fingerprint density at radius 3 is 2.70 bits per heavy atom. The minimum atomic E-state index is 0.273. The van der Waals surface area contributed by atoms with Crippen LogP contribution in [0.3, 0.4) is 0 Å². The van der Waals surface area contributed by atoms with E-state index in [1.807, 2.05) is 12.3 Å². The summed E-state index contributed by atoms with van der Waals surface area (Å²) in [5.74, 6) is 0. The van der Waals surface area contributed by atoms with Gasteiger partial charge >= 0.3 is 0 Å². The largest absolute Gasteiger partial charge is 0.379 e. The number of anilines is 1. The van der Waals surface area contributed by atoms with E-state index >= 15 is 0 Å². The average molecular weight is 283 g/mol. The van der Waals surface area contributed by atoms with Crippen molar-refractivity contribution in [3.8, 4) is 0 Å². The van der Waals surface area contributed by atoms with Gasteiger partial charge in [0.2, 0.25) is 0 Å². The fourth-order valence-electron chi connectivity index (χ4n) is 2.26. The number of hydrogen-bond donors (Lipinski definition) is 2. The molecule has 1 aromatic heterocycles. The Kier molecular flexibility index (Phi) is 3.65. The molecule has 0 amide bonds. The molecule has 20 heavy (non-hydrogen) atoms. The van der Waals surface area contributed by atoms with Gasteiger partial charge in [0.05, 0.1) is 11.7 Å². The Morgan fingerprint density at radius 2 is 1.95 bits per heavy atom. The highest BCUT2D eigenvalue weighted by Crippen LogP contribution is 2.24. The van der Waals surface area contributed by atoms with E-state index in [2.05, 4.69) is 65.1 Å². The fraction of sp³-hybridized carbons (Fsp3) is 0.188. The number of nitrogens with zero attached hydrogens (tertiary/aromatic N) is 1. The summed E-state index contributed by atoms with van der Waals surface area (Å²) in [4.78, 5) is 1.29. The molecule has 0 spiro atoms. The zero-order chi connectivity index (χ0) is 13.9. The second-order valence-corrected chi connectivity index (χ2v) is 5.69. The number of aromatic amines is 1. The quantitative estimate of drug-likeness (QED) is 0.695. The van der Waals surface area contributed by atoms with Gasteiger partial charge in [-0.15, -0.1) is 11.8 Å². The molecule has 0 aliphatic heterocycles. The van der Waals surface area contributed by atoms with Gasteiger partial charge in [-0.05, 0) is 49.1 Å². The smallest absolute Gasteiger partial charge is 0.0651 e. The minimum Gasteiger partial charge on any atom is -0.379 e. The van der Waals surface area contributed by atoms with Crippen molar-refractivity contribution in [2.24, 2.45) is 0 Å². The zero-order valence-electron chi connectivity index (χ0n) is 11.6. The summed E-state index contributed by atoms with van der Waals surface area (Å²) >= 11 is 1.76. The zero-order valence-corrected chi connectivity index (χ0v) is 12.4. The van der Waals surface area contributed by atoms with Gasteiger partial charge in [-0.25, -0.2) is 0 Å². The predicted octanol–water partition coefficient (Wildman–Crippen LogP) is 4.46. The van der Waals surface area contributed by atoms with Crippen molar-refractivity contribution in [2.45, 2.75) is 17.9 Å². The first-order valence-corrected chi connectivity index (χ1v) is 7.82. The third kappa shape index (κ3) is 2.65. The van der Waals surface area contributed by atoms with Crippen LogP contribution in [0.2, 0.25) is 0 Å². The maximum Gasteiger partial charge on any atom is 0.0651 e. The Morgan fingerprint density at radius 1 is 1.15 bits per heavy atom. The lowest BCUT2D eigenvalue weighted by Gasteiger charge is -2.16. The highest BCUT2D eigenvalue weighted by molar-refractivity contribution is 7.98. The molecule has 0 saturated carbocycles. The number of rotatable bonds is 4. The van der Waals surface area contributed by atoms with E-state index in [1.165, 1.54) is 10.5 Å². The summed E-state index contributed by atoms with van der Waals surface area (Å²) in [6.07, 6.45) is 3.94. The van der Waals surface area contributed by atoms with Crippen LogP contribution in [-0.2, 0) is 0 Å². The van der Waals surface area contributed by atoms with E-state index in [0.717, 1.165) is 16.6 Å². The van der Waals surface area contributed by atoms with Gasteiger partial charge in [-0.3, -0.25) is 5.10 Å². The van der Waals surface area contributed by atoms with E-state index in [4.69, 9.17) is 0 Å². The number of aromatic nitrogens is 2. The molecule has 1 heterocycles. The first-order chi connectivity index (χ1) is 9.76. The van der Waals surface area contributed by atoms with Gasteiger partial charge < -0.3 is 5.32 Å². The first kappa shape index (κ1) is 13.1. The lowest BCUT2D eigenvalue weighted by atomic mass is 10.1. The first-order valence-electron chi connectivity index (χ1n) is 6.60. The molecule has 3 rings (SSSR count). The molecule has 0 aliphatic carbocycles. The van der Waals surface area contributed by atoms with E-state index in [-0.39, 0.29) is 6.04 Å². The molecular weight excluding hydrogens is 266 g/mol. The van der Waals surface area contributed by atoms with E-state index in [1.54, 1.807) is 11.8 Å². The van der Waals surface area contributed by atoms with Crippen LogP contribution in [0.1, 0.15) is 18.5 Å². The number of hydrogen-bond acceptors (Lipinski definition) is 3. The lowest BCUT2D eigenvalue weighted by molar-refractivity contribution is 0.883. The van der Waals surface area contributed by atoms with Gasteiger partial charge in [-0.1, -0.05) is 12.1 Å². The number of benzene rings is 2. The standard InChI is InChI=1S/C16H17N3S/c1-11(12-3-6-15(20-2)7-4-12)18-14-5-8-16-13(9-14)10-17-19-16/h3-11,18H,1-2H3,(H,17,19). The molecule has 1 unspecified atom stereocenters. The maximum absolute atomic E-state index is 4.04. The van der Waals surface area contributed by atoms with Gasteiger partial charge in [-0.2, -0.15) is 5.10 Å². The van der Waals surface area contributed by atoms with Crippen molar-refractivity contribution in [1.29, 1.82) is 0 Å². The average Bonchev–Trinajstić information content (AvgIpc) is 2.95. The SMILES string of the molecule is CSc1ccc(C(C)Nc2ccc3[nH]ncc3c2)cc1. The summed E-state index contributed by atoms with van der Waals surface area (Å²) in [6.45, 7) is 2.17. The Hall–Kier alpha value is -1.94. The second-order valence-electron chi connectivity index (χ2n) is 4.81. The fourth-order valence-corrected chi connectivity index (χ4v) is 2.67. The molecule has 0 fully saturated rings. The molecule has 3 aromatic rings. The highest BCUT2D eigenvalue weighted by atomic mass is 32.2. The highest BCUT2D eigenvalue weighted by Gasteiger charge is 2.06. The van der Waals surface area contributed by atoms with E-state index in [0.29, 0.717) is 0 Å². The van der Waals surface area contributed by atoms with Gasteiger partial charge in [0, 0.05) is 22.0 Å². The number of H-pyrrole nitrogens is 1. The molecule has 1 atom stereocenters. The molecule has 2 N–H and O–H groups in total. The summed E-state index contributed by atoms with van der Waals surface area (Å²) in [5.41, 5.74) is 3.46. The summed E-state index contributed by atoms with van der Waals surface area (Å²) in [6, 6.07) is 15.2. The van der Waals surface area contributed by atoms with Gasteiger partial charge in [0.15, 0.2) is 0 Å². The van der Waals surface area contributed by atoms with Gasteiger partial charge in [0.25, 0.3) is 0 Å². The molecule has 4 heteroatoms. The molecular formula is C16H17N3S. The number of nitrogens with one attached hydrogen (secondary N) is 2.